The van der Waals surface area contributed by atoms with Gasteiger partial charge in [-0.2, -0.15) is 0 Å². The molecule has 7 atom stereocenters. The van der Waals surface area contributed by atoms with Crippen molar-refractivity contribution in [2.24, 2.45) is 11.8 Å². The van der Waals surface area contributed by atoms with Gasteiger partial charge in [-0.05, 0) is 10.3 Å². The molecule has 0 amide bonds. The number of hydrogen-bond donors (Lipinski definition) is 0. The van der Waals surface area contributed by atoms with Gasteiger partial charge in [0.05, 0.1) is 0 Å². The fourth-order valence-corrected chi connectivity index (χ4v) is 117. The van der Waals surface area contributed by atoms with Crippen LogP contribution in [-0.4, -0.2) is 160 Å². The molecule has 0 aromatic heterocycles. The average molecular weight is 2060 g/mol. The van der Waals surface area contributed by atoms with E-state index in [-0.39, 0.29) is 31.0 Å². The summed E-state index contributed by atoms with van der Waals surface area (Å²) >= 11 is -12.0. The molecule has 0 aromatic rings. The molecule has 0 aliphatic carbocycles. The van der Waals surface area contributed by atoms with Gasteiger partial charge in [-0.1, -0.05) is 254 Å². The Balaban J connectivity index is 0.000000786. The molecule has 107 heavy (non-hydrogen) atoms. The summed E-state index contributed by atoms with van der Waals surface area (Å²) in [7, 11) is -21.3. The summed E-state index contributed by atoms with van der Waals surface area (Å²) in [6.45, 7) is 39.5. The summed E-state index contributed by atoms with van der Waals surface area (Å²) in [6, 6.07) is 8.63. The van der Waals surface area contributed by atoms with Crippen molar-refractivity contribution in [2.45, 2.75) is 545 Å². The Morgan fingerprint density at radius 2 is 0.645 bits per heavy atom. The Kier molecular flexibility index (Phi) is 27.8. The van der Waals surface area contributed by atoms with Crippen molar-refractivity contribution < 1.29 is 48.0 Å². The summed E-state index contributed by atoms with van der Waals surface area (Å²) in [5, 5.41) is 8.78. The number of hydrogen-bond acceptors (Lipinski definition) is 0. The molecule has 0 radical (unpaired) electrons. The van der Waals surface area contributed by atoms with Crippen LogP contribution in [0.5, 0.6) is 0 Å². The molecule has 11 saturated heterocycles. The van der Waals surface area contributed by atoms with Crippen molar-refractivity contribution in [3.8, 4) is 0 Å². The SMILES string of the molecule is CC1C[CH2][Ge]([CH3])([CH3])[CH2]C1.CCC1C[CH2][Ge]([CH3])([CH3])[CH2]C1.CC[CH]1CCC[CH2][Ge]1([CH3])[CH3].C[C@@H]1CCC[CH2][Ge]1([CH3])[CH3].[2H]C([2H])(C)C1([2H])[Si](C)(C)CC[Si]1(C)C.[2H]C([2H])([2H])[Si]1(C([2H])([2H])[2H])CC[Si](C)(C)C1CC.[2H]C([2H])([2H])[Si]1(C([2H])([2H])[2H])CC[Si](C)(C)[C@@]1([2H])C.[2H]C([2H])([2H])[Si]1(C([2H])([2H])[2H])CC[Si](C)(C)[C@H]1C.[2H]C1(C)[Si](C)(C)CC[Si]1(C)C.[2H][C]([2H])([2H])[Ge]1([C]([2H])([2H])[2H])[CH2]CC[C@H]1C.[2H][C]([2H])([2H])[Ge]1([C]([2H])([2H])[2H])[CH2]CC[CH]1CC. The molecule has 11 aliphatic rings. The minimum atomic E-state index is -3.76. The van der Waals surface area contributed by atoms with Gasteiger partial charge in [0.15, 0.2) is 0 Å². The summed E-state index contributed by atoms with van der Waals surface area (Å²) < 4.78 is 274. The molecule has 0 spiro atoms. The first-order chi connectivity index (χ1) is 62.5. The van der Waals surface area contributed by atoms with E-state index in [2.05, 4.69) is 159 Å². The molecule has 0 bridgehead atoms. The summed E-state index contributed by atoms with van der Waals surface area (Å²) in [5.41, 5.74) is -8.77. The molecule has 3 unspecified atom stereocenters. The molecule has 11 aliphatic heterocycles. The Hall–Kier alpha value is 5.43. The molecule has 11 fully saturated rings. The monoisotopic (exact) mass is 2070 g/mol. The van der Waals surface area contributed by atoms with Crippen molar-refractivity contribution >= 4 is 160 Å². The summed E-state index contributed by atoms with van der Waals surface area (Å²) in [4.78, 5) is 0. The van der Waals surface area contributed by atoms with Crippen LogP contribution in [0.25, 0.3) is 0 Å². The third kappa shape index (κ3) is 37.6. The van der Waals surface area contributed by atoms with Gasteiger partial charge in [0.25, 0.3) is 0 Å². The molecule has 0 nitrogen and oxygen atoms in total. The fourth-order valence-electron chi connectivity index (χ4n) is 20.1. The average Bonchev–Trinajstić information content (AvgIpc) is 1.52. The van der Waals surface area contributed by atoms with Crippen LogP contribution in [0.15, 0.2) is 0 Å². The zero-order valence-electron chi connectivity index (χ0n) is 113. The molecule has 0 saturated carbocycles. The van der Waals surface area contributed by atoms with Crippen molar-refractivity contribution in [3.63, 3.8) is 0 Å². The number of rotatable bonds is 5. The first-order valence-corrected chi connectivity index (χ1v) is 112. The van der Waals surface area contributed by atoms with Gasteiger partial charge in [-0.25, -0.2) is 0 Å². The van der Waals surface area contributed by atoms with E-state index in [1.165, 1.54) is 68.2 Å². The Morgan fingerprint density at radius 1 is 0.308 bits per heavy atom. The standard InChI is InChI=1S/2C9H20Ge.2C9H22Si2.3C8H18Ge.3C8H20Si2.C7H16Ge/c1-4-9-5-7-10(2,3)8-6-9;1-4-9-7-5-6-8-10(9,2)3;2*1-6-9-10(2,3)7-8-11(9,4)5;1-8-4-6-9(2,3)7-5-8;1-8-6-4-5-7-9(8,2)3;1-4-8-6-5-7-9(8,2)3;3*1-8-9(2,3)6-7-10(8,4)5;1-7-5-4-6-8(7,2)3/h2*9H,4-8H2,1-3H3;2*9H,6-8H2,1-5H3;3*8H,4-7H2,1-3H3;3*8H,6-7H2,1-5H3;7H,4-6H2,1-3H3/t;;;;;8-;;;;;7-/m.....1....1/s1/i;;6D2,9D;2D3,3D3;;;2D3,3D3;2D3,3D3,8D;2D3,3D3;8D;2D3,3D3/t;;;;;;;2*8-;;m/m.......00.1/s1. The fraction of sp³-hybridized carbons (Fsp3) is 1.00. The molecule has 0 N–H and O–H groups in total. The topological polar surface area (TPSA) is 0 Å². The van der Waals surface area contributed by atoms with Crippen LogP contribution in [-0.2, 0) is 0 Å². The van der Waals surface area contributed by atoms with Gasteiger partial charge in [0.2, 0.25) is 0 Å². The van der Waals surface area contributed by atoms with Crippen LogP contribution in [0.4, 0.5) is 0 Å². The van der Waals surface area contributed by atoms with Crippen molar-refractivity contribution in [2.75, 3.05) is 0 Å². The van der Waals surface area contributed by atoms with Crippen molar-refractivity contribution in [1.29, 1.82) is 0 Å². The van der Waals surface area contributed by atoms with E-state index < -0.39 is 239 Å². The first-order valence-electron chi connectivity index (χ1n) is 62.5. The van der Waals surface area contributed by atoms with E-state index in [9.17, 15) is 0 Å². The van der Waals surface area contributed by atoms with E-state index >= 15 is 0 Å². The Labute approximate surface area is 758 Å². The second kappa shape index (κ2) is 46.2. The molecule has 11 heterocycles. The van der Waals surface area contributed by atoms with Crippen LogP contribution in [0.1, 0.15) is 246 Å². The zero-order chi connectivity index (χ0) is 113. The predicted octanol–water partition coefficient (Wildman–Crippen LogP) is 37.2. The Bertz CT molecular complexity index is 3680. The van der Waals surface area contributed by atoms with Crippen LogP contribution in [0.3, 0.4) is 0 Å². The maximum absolute atomic E-state index is 8.69. The second-order valence-corrected chi connectivity index (χ2v) is 152. The molecule has 0 aromatic carbocycles. The van der Waals surface area contributed by atoms with E-state index in [0.717, 1.165) is 79.3 Å². The van der Waals surface area contributed by atoms with Gasteiger partial charge in [-0.15, -0.1) is 0 Å². The van der Waals surface area contributed by atoms with E-state index in [0.29, 0.717) is 28.6 Å². The van der Waals surface area contributed by atoms with Crippen LogP contribution in [0.2, 0.25) is 347 Å². The Morgan fingerprint density at radius 3 is 0.907 bits per heavy atom. The molecular formula is C91H214Ge6Si10. The molecule has 16 heteroatoms. The molecular weight excluding hydrogens is 1810 g/mol. The van der Waals surface area contributed by atoms with Gasteiger partial charge in [-0.3, -0.25) is 0 Å². The van der Waals surface area contributed by atoms with Gasteiger partial charge in [0.1, 0.15) is 0 Å². The van der Waals surface area contributed by atoms with E-state index in [1.807, 2.05) is 40.8 Å². The predicted molar refractivity (Wildman–Crippen MR) is 557 cm³/mol. The van der Waals surface area contributed by atoms with Crippen LogP contribution >= 0.6 is 0 Å². The van der Waals surface area contributed by atoms with Crippen LogP contribution < -0.4 is 0 Å². The summed E-state index contributed by atoms with van der Waals surface area (Å²) in [5.74, 6) is 22.9. The minimum absolute atomic E-state index is 0.00463. The third-order valence-electron chi connectivity index (χ3n) is 31.6. The van der Waals surface area contributed by atoms with Gasteiger partial charge in [0, 0.05) is 112 Å². The normalized spacial score (nSPS) is 39.8. The van der Waals surface area contributed by atoms with Crippen LogP contribution in [0, 0.1) is 11.8 Å². The quantitative estimate of drug-likeness (QED) is 0.241. The maximum atomic E-state index is 8.69. The first kappa shape index (κ1) is 64.2. The van der Waals surface area contributed by atoms with Gasteiger partial charge >= 0.3 is 388 Å². The van der Waals surface area contributed by atoms with Crippen molar-refractivity contribution in [3.05, 3.63) is 0 Å². The molecule has 11 rings (SSSR count). The summed E-state index contributed by atoms with van der Waals surface area (Å²) in [6.07, 6.45) is 21.6. The third-order valence-corrected chi connectivity index (χ3v) is 131. The zero-order valence-corrected chi connectivity index (χ0v) is 101. The van der Waals surface area contributed by atoms with Crippen molar-refractivity contribution in [1.82, 2.24) is 0 Å². The van der Waals surface area contributed by atoms with Gasteiger partial charge < -0.3 is 0 Å². The van der Waals surface area contributed by atoms with E-state index in [4.69, 9.17) is 48.0 Å². The van der Waals surface area contributed by atoms with E-state index in [1.54, 1.807) is 71.1 Å². The second-order valence-electron chi connectivity index (χ2n) is 45.4. The molecule has 642 valence electrons.